The van der Waals surface area contributed by atoms with E-state index in [0.717, 1.165) is 16.8 Å². The third-order valence-electron chi connectivity index (χ3n) is 3.09. The summed E-state index contributed by atoms with van der Waals surface area (Å²) in [5, 5.41) is 4.02. The lowest BCUT2D eigenvalue weighted by atomic mass is 10.0. The summed E-state index contributed by atoms with van der Waals surface area (Å²) in [6, 6.07) is 12.3. The van der Waals surface area contributed by atoms with Crippen LogP contribution in [0.1, 0.15) is 23.7 Å². The Morgan fingerprint density at radius 2 is 1.47 bits per heavy atom. The molecular formula is C15H11F2NO. The topological polar surface area (TPSA) is 21.6 Å². The zero-order chi connectivity index (χ0) is 13.2. The Balaban J connectivity index is 1.76. The van der Waals surface area contributed by atoms with Gasteiger partial charge in [0.15, 0.2) is 6.10 Å². The number of rotatable bonds is 2. The SMILES string of the molecule is Fc1ccc(C2=NOC(c3ccc(F)cc3)C2)cc1. The lowest BCUT2D eigenvalue weighted by molar-refractivity contribution is 0.0857. The van der Waals surface area contributed by atoms with Crippen LogP contribution in [-0.2, 0) is 4.84 Å². The van der Waals surface area contributed by atoms with Crippen LogP contribution in [-0.4, -0.2) is 5.71 Å². The lowest BCUT2D eigenvalue weighted by Crippen LogP contribution is -2.01. The summed E-state index contributed by atoms with van der Waals surface area (Å²) in [5.74, 6) is -0.556. The Hall–Kier alpha value is -2.23. The van der Waals surface area contributed by atoms with Crippen LogP contribution < -0.4 is 0 Å². The van der Waals surface area contributed by atoms with E-state index in [0.29, 0.717) is 6.42 Å². The Morgan fingerprint density at radius 1 is 0.895 bits per heavy atom. The number of hydrogen-bond acceptors (Lipinski definition) is 2. The van der Waals surface area contributed by atoms with Gasteiger partial charge < -0.3 is 4.84 Å². The van der Waals surface area contributed by atoms with E-state index < -0.39 is 0 Å². The molecule has 0 aromatic heterocycles. The van der Waals surface area contributed by atoms with Crippen LogP contribution in [0.25, 0.3) is 0 Å². The minimum atomic E-state index is -0.279. The van der Waals surface area contributed by atoms with Crippen LogP contribution in [0, 0.1) is 11.6 Å². The van der Waals surface area contributed by atoms with Gasteiger partial charge in [-0.3, -0.25) is 0 Å². The van der Waals surface area contributed by atoms with E-state index in [2.05, 4.69) is 5.16 Å². The quantitative estimate of drug-likeness (QED) is 0.803. The molecule has 0 amide bonds. The van der Waals surface area contributed by atoms with E-state index in [9.17, 15) is 8.78 Å². The van der Waals surface area contributed by atoms with Crippen LogP contribution >= 0.6 is 0 Å². The van der Waals surface area contributed by atoms with E-state index in [1.54, 1.807) is 24.3 Å². The van der Waals surface area contributed by atoms with Crippen LogP contribution in [0.4, 0.5) is 8.78 Å². The average Bonchev–Trinajstić information content (AvgIpc) is 2.90. The molecule has 0 N–H and O–H groups in total. The Labute approximate surface area is 109 Å². The molecule has 19 heavy (non-hydrogen) atoms. The second-order valence-electron chi connectivity index (χ2n) is 4.39. The smallest absolute Gasteiger partial charge is 0.158 e. The van der Waals surface area contributed by atoms with Crippen molar-refractivity contribution in [2.45, 2.75) is 12.5 Å². The summed E-state index contributed by atoms with van der Waals surface area (Å²) in [6.45, 7) is 0. The molecule has 0 saturated heterocycles. The van der Waals surface area contributed by atoms with Gasteiger partial charge in [0.05, 0.1) is 5.71 Å². The summed E-state index contributed by atoms with van der Waals surface area (Å²) in [6.07, 6.45) is 0.387. The highest BCUT2D eigenvalue weighted by Gasteiger charge is 2.23. The number of hydrogen-bond donors (Lipinski definition) is 0. The van der Waals surface area contributed by atoms with Crippen molar-refractivity contribution in [1.82, 2.24) is 0 Å². The Morgan fingerprint density at radius 3 is 2.11 bits per heavy atom. The zero-order valence-electron chi connectivity index (χ0n) is 10.0. The fourth-order valence-corrected chi connectivity index (χ4v) is 2.05. The monoisotopic (exact) mass is 259 g/mol. The molecule has 1 aliphatic rings. The third-order valence-corrected chi connectivity index (χ3v) is 3.09. The van der Waals surface area contributed by atoms with Gasteiger partial charge in [-0.25, -0.2) is 8.78 Å². The van der Waals surface area contributed by atoms with E-state index in [1.807, 2.05) is 0 Å². The van der Waals surface area contributed by atoms with E-state index in [1.165, 1.54) is 24.3 Å². The van der Waals surface area contributed by atoms with Gasteiger partial charge in [-0.15, -0.1) is 0 Å². The molecule has 4 heteroatoms. The minimum Gasteiger partial charge on any atom is -0.387 e. The highest BCUT2D eigenvalue weighted by Crippen LogP contribution is 2.29. The summed E-state index contributed by atoms with van der Waals surface area (Å²) >= 11 is 0. The molecule has 0 saturated carbocycles. The molecule has 0 bridgehead atoms. The standard InChI is InChI=1S/C15H11F2NO/c16-12-5-1-10(2-6-12)14-9-15(19-18-14)11-3-7-13(17)8-4-11/h1-8,15H,9H2. The summed E-state index contributed by atoms with van der Waals surface area (Å²) in [7, 11) is 0. The van der Waals surface area contributed by atoms with Gasteiger partial charge in [-0.2, -0.15) is 0 Å². The maximum atomic E-state index is 12.8. The van der Waals surface area contributed by atoms with Crippen molar-refractivity contribution in [1.29, 1.82) is 0 Å². The lowest BCUT2D eigenvalue weighted by Gasteiger charge is -2.07. The molecule has 2 nitrogen and oxygen atoms in total. The first kappa shape index (κ1) is 11.8. The molecule has 0 radical (unpaired) electrons. The summed E-state index contributed by atoms with van der Waals surface area (Å²) in [4.78, 5) is 5.35. The molecule has 1 atom stereocenters. The molecule has 3 rings (SSSR count). The van der Waals surface area contributed by atoms with Gasteiger partial charge in [0, 0.05) is 6.42 Å². The van der Waals surface area contributed by atoms with Crippen LogP contribution in [0.5, 0.6) is 0 Å². The zero-order valence-corrected chi connectivity index (χ0v) is 10.0. The predicted molar refractivity (Wildman–Crippen MR) is 67.8 cm³/mol. The molecule has 1 aliphatic heterocycles. The average molecular weight is 259 g/mol. The molecule has 96 valence electrons. The second-order valence-corrected chi connectivity index (χ2v) is 4.39. The van der Waals surface area contributed by atoms with Crippen molar-refractivity contribution in [3.8, 4) is 0 Å². The van der Waals surface area contributed by atoms with Gasteiger partial charge in [-0.05, 0) is 35.4 Å². The number of benzene rings is 2. The molecular weight excluding hydrogens is 248 g/mol. The van der Waals surface area contributed by atoms with Gasteiger partial charge in [0.2, 0.25) is 0 Å². The largest absolute Gasteiger partial charge is 0.387 e. The minimum absolute atomic E-state index is 0.208. The van der Waals surface area contributed by atoms with E-state index >= 15 is 0 Å². The van der Waals surface area contributed by atoms with Crippen LogP contribution in [0.2, 0.25) is 0 Å². The maximum absolute atomic E-state index is 12.8. The molecule has 2 aromatic rings. The fraction of sp³-hybridized carbons (Fsp3) is 0.133. The van der Waals surface area contributed by atoms with Crippen molar-refractivity contribution < 1.29 is 13.6 Å². The van der Waals surface area contributed by atoms with Crippen molar-refractivity contribution in [2.75, 3.05) is 0 Å². The number of halogens is 2. The van der Waals surface area contributed by atoms with Crippen LogP contribution in [0.3, 0.4) is 0 Å². The molecule has 0 fully saturated rings. The van der Waals surface area contributed by atoms with Crippen molar-refractivity contribution in [2.24, 2.45) is 5.16 Å². The molecule has 2 aromatic carbocycles. The summed E-state index contributed by atoms with van der Waals surface area (Å²) in [5.41, 5.74) is 2.49. The first-order valence-corrected chi connectivity index (χ1v) is 5.96. The number of nitrogens with zero attached hydrogens (tertiary/aromatic N) is 1. The number of oxime groups is 1. The van der Waals surface area contributed by atoms with Crippen molar-refractivity contribution in [3.63, 3.8) is 0 Å². The first-order chi connectivity index (χ1) is 9.22. The predicted octanol–water partition coefficient (Wildman–Crippen LogP) is 3.83. The highest BCUT2D eigenvalue weighted by molar-refractivity contribution is 6.01. The Kier molecular flexibility index (Phi) is 2.99. The molecule has 0 aliphatic carbocycles. The summed E-state index contributed by atoms with van der Waals surface area (Å²) < 4.78 is 25.7. The fourth-order valence-electron chi connectivity index (χ4n) is 2.05. The first-order valence-electron chi connectivity index (χ1n) is 5.96. The normalized spacial score (nSPS) is 18.0. The highest BCUT2D eigenvalue weighted by atomic mass is 19.1. The van der Waals surface area contributed by atoms with Crippen molar-refractivity contribution >= 4 is 5.71 Å². The van der Waals surface area contributed by atoms with Gasteiger partial charge in [-0.1, -0.05) is 29.4 Å². The Bertz CT molecular complexity index is 605. The van der Waals surface area contributed by atoms with Gasteiger partial charge >= 0.3 is 0 Å². The van der Waals surface area contributed by atoms with Crippen molar-refractivity contribution in [3.05, 3.63) is 71.3 Å². The molecule has 0 spiro atoms. The maximum Gasteiger partial charge on any atom is 0.158 e. The van der Waals surface area contributed by atoms with E-state index in [-0.39, 0.29) is 17.7 Å². The van der Waals surface area contributed by atoms with Crippen LogP contribution in [0.15, 0.2) is 53.7 Å². The molecule has 1 heterocycles. The van der Waals surface area contributed by atoms with Gasteiger partial charge in [0.25, 0.3) is 0 Å². The third kappa shape index (κ3) is 2.47. The van der Waals surface area contributed by atoms with Gasteiger partial charge in [0.1, 0.15) is 11.6 Å². The second kappa shape index (κ2) is 4.80. The molecule has 1 unspecified atom stereocenters. The van der Waals surface area contributed by atoms with E-state index in [4.69, 9.17) is 4.84 Å².